The lowest BCUT2D eigenvalue weighted by Gasteiger charge is -2.31. The second-order valence-electron chi connectivity index (χ2n) is 4.93. The molecular weight excluding hydrogens is 246 g/mol. The first-order chi connectivity index (χ1) is 9.02. The highest BCUT2D eigenvalue weighted by Gasteiger charge is 2.24. The third-order valence-corrected chi connectivity index (χ3v) is 3.22. The van der Waals surface area contributed by atoms with E-state index in [-0.39, 0.29) is 11.6 Å². The van der Waals surface area contributed by atoms with E-state index in [1.54, 1.807) is 19.0 Å². The Bertz CT molecular complexity index is 552. The fourth-order valence-electron chi connectivity index (χ4n) is 2.01. The number of aromatic nitrogens is 1. The van der Waals surface area contributed by atoms with Gasteiger partial charge < -0.3 is 19.1 Å². The molecule has 2 rings (SSSR count). The molecule has 7 heteroatoms. The average Bonchev–Trinajstić information content (AvgIpc) is 2.38. The van der Waals surface area contributed by atoms with Crippen molar-refractivity contribution in [2.24, 2.45) is 0 Å². The second-order valence-corrected chi connectivity index (χ2v) is 4.93. The Kier molecular flexibility index (Phi) is 3.71. The van der Waals surface area contributed by atoms with Crippen molar-refractivity contribution >= 4 is 11.8 Å². The number of quaternary nitrogens is 1. The number of nitrogens with zero attached hydrogens (tertiary/aromatic N) is 4. The predicted molar refractivity (Wildman–Crippen MR) is 70.6 cm³/mol. The molecule has 0 bridgehead atoms. The minimum absolute atomic E-state index is 0.00912. The van der Waals surface area contributed by atoms with Crippen molar-refractivity contribution in [1.82, 2.24) is 4.98 Å². The standard InChI is InChI=1S/C12H17N5O2/c1-15(2)12-14-10(9(8-13)11(18)19-12)17-6-4-16(3)5-7-17/h4-7H2,1-3H3/p+1. The van der Waals surface area contributed by atoms with E-state index >= 15 is 0 Å². The summed E-state index contributed by atoms with van der Waals surface area (Å²) in [4.78, 5) is 21.2. The number of nitriles is 1. The van der Waals surface area contributed by atoms with Crippen LogP contribution in [0.2, 0.25) is 0 Å². The third kappa shape index (κ3) is 2.69. The minimum atomic E-state index is -0.623. The highest BCUT2D eigenvalue weighted by Crippen LogP contribution is 2.17. The van der Waals surface area contributed by atoms with Crippen molar-refractivity contribution in [2.75, 3.05) is 57.1 Å². The molecule has 19 heavy (non-hydrogen) atoms. The molecule has 0 spiro atoms. The number of hydrogen-bond acceptors (Lipinski definition) is 6. The topological polar surface area (TPSA) is 77.8 Å². The zero-order valence-corrected chi connectivity index (χ0v) is 11.4. The minimum Gasteiger partial charge on any atom is -0.388 e. The van der Waals surface area contributed by atoms with Gasteiger partial charge in [-0.15, -0.1) is 0 Å². The molecule has 0 unspecified atom stereocenters. The van der Waals surface area contributed by atoms with Gasteiger partial charge in [-0.3, -0.25) is 0 Å². The Balaban J connectivity index is 2.43. The van der Waals surface area contributed by atoms with Gasteiger partial charge in [0.1, 0.15) is 6.07 Å². The van der Waals surface area contributed by atoms with Crippen LogP contribution in [0.25, 0.3) is 0 Å². The number of nitrogens with one attached hydrogen (secondary N) is 1. The summed E-state index contributed by atoms with van der Waals surface area (Å²) in [7, 11) is 5.62. The van der Waals surface area contributed by atoms with Crippen LogP contribution in [0.3, 0.4) is 0 Å². The number of hydrogen-bond donors (Lipinski definition) is 1. The molecule has 1 saturated heterocycles. The van der Waals surface area contributed by atoms with Crippen molar-refractivity contribution < 1.29 is 9.32 Å². The molecule has 1 fully saturated rings. The SMILES string of the molecule is CN(C)c1nc(N2CC[NH+](C)CC2)c(C#N)c(=O)o1. The van der Waals surface area contributed by atoms with Crippen LogP contribution >= 0.6 is 0 Å². The lowest BCUT2D eigenvalue weighted by molar-refractivity contribution is -0.880. The molecule has 0 radical (unpaired) electrons. The van der Waals surface area contributed by atoms with Gasteiger partial charge in [-0.2, -0.15) is 10.2 Å². The average molecular weight is 264 g/mol. The van der Waals surface area contributed by atoms with Gasteiger partial charge in [-0.25, -0.2) is 4.79 Å². The normalized spacial score (nSPS) is 16.2. The summed E-state index contributed by atoms with van der Waals surface area (Å²) < 4.78 is 5.02. The van der Waals surface area contributed by atoms with Gasteiger partial charge in [0.2, 0.25) is 0 Å². The molecule has 0 atom stereocenters. The fourth-order valence-corrected chi connectivity index (χ4v) is 2.01. The van der Waals surface area contributed by atoms with Gasteiger partial charge in [0, 0.05) is 14.1 Å². The smallest absolute Gasteiger partial charge is 0.360 e. The molecule has 7 nitrogen and oxygen atoms in total. The van der Waals surface area contributed by atoms with E-state index in [9.17, 15) is 4.79 Å². The van der Waals surface area contributed by atoms with Crippen LogP contribution in [0.5, 0.6) is 0 Å². The number of rotatable bonds is 2. The summed E-state index contributed by atoms with van der Waals surface area (Å²) in [5.74, 6) is 0.440. The Morgan fingerprint density at radius 1 is 1.42 bits per heavy atom. The predicted octanol–water partition coefficient (Wildman–Crippen LogP) is -1.69. The zero-order chi connectivity index (χ0) is 14.0. The molecule has 0 aromatic carbocycles. The van der Waals surface area contributed by atoms with Gasteiger partial charge in [0.05, 0.1) is 33.2 Å². The van der Waals surface area contributed by atoms with E-state index in [4.69, 9.17) is 9.68 Å². The van der Waals surface area contributed by atoms with E-state index in [0.29, 0.717) is 5.82 Å². The summed E-state index contributed by atoms with van der Waals surface area (Å²) in [5, 5.41) is 9.12. The first-order valence-corrected chi connectivity index (χ1v) is 6.21. The molecule has 1 aliphatic heterocycles. The Morgan fingerprint density at radius 3 is 2.58 bits per heavy atom. The van der Waals surface area contributed by atoms with Crippen LogP contribution in [0.1, 0.15) is 5.56 Å². The largest absolute Gasteiger partial charge is 0.388 e. The highest BCUT2D eigenvalue weighted by molar-refractivity contribution is 5.54. The van der Waals surface area contributed by atoms with Crippen molar-refractivity contribution in [3.8, 4) is 6.07 Å². The van der Waals surface area contributed by atoms with E-state index in [2.05, 4.69) is 12.0 Å². The zero-order valence-electron chi connectivity index (χ0n) is 11.4. The number of likely N-dealkylation sites (N-methyl/N-ethyl adjacent to an activating group) is 1. The summed E-state index contributed by atoms with van der Waals surface area (Å²) >= 11 is 0. The summed E-state index contributed by atoms with van der Waals surface area (Å²) in [5.41, 5.74) is -0.632. The summed E-state index contributed by atoms with van der Waals surface area (Å²) in [6, 6.07) is 2.13. The van der Waals surface area contributed by atoms with Crippen LogP contribution in [0.15, 0.2) is 9.21 Å². The molecule has 1 N–H and O–H groups in total. The van der Waals surface area contributed by atoms with Crippen molar-refractivity contribution in [3.63, 3.8) is 0 Å². The fraction of sp³-hybridized carbons (Fsp3) is 0.583. The van der Waals surface area contributed by atoms with Crippen LogP contribution < -0.4 is 20.3 Å². The molecule has 2 heterocycles. The van der Waals surface area contributed by atoms with Crippen molar-refractivity contribution in [2.45, 2.75) is 0 Å². The second kappa shape index (κ2) is 5.28. The monoisotopic (exact) mass is 264 g/mol. The molecule has 102 valence electrons. The maximum absolute atomic E-state index is 11.8. The van der Waals surface area contributed by atoms with Gasteiger partial charge in [0.25, 0.3) is 0 Å². The Hall–Kier alpha value is -2.07. The van der Waals surface area contributed by atoms with E-state index < -0.39 is 5.63 Å². The third-order valence-electron chi connectivity index (χ3n) is 3.22. The Morgan fingerprint density at radius 2 is 2.05 bits per heavy atom. The molecule has 1 aliphatic rings. The van der Waals surface area contributed by atoms with Crippen LogP contribution in [-0.4, -0.2) is 52.3 Å². The number of anilines is 2. The number of piperazine rings is 1. The molecule has 0 saturated carbocycles. The lowest BCUT2D eigenvalue weighted by Crippen LogP contribution is -3.12. The van der Waals surface area contributed by atoms with E-state index in [0.717, 1.165) is 26.2 Å². The summed E-state index contributed by atoms with van der Waals surface area (Å²) in [6.45, 7) is 3.49. The quantitative estimate of drug-likeness (QED) is 0.686. The molecule has 1 aromatic heterocycles. The van der Waals surface area contributed by atoms with Gasteiger partial charge in [-0.05, 0) is 0 Å². The van der Waals surface area contributed by atoms with Crippen molar-refractivity contribution in [1.29, 1.82) is 5.26 Å². The maximum Gasteiger partial charge on any atom is 0.360 e. The summed E-state index contributed by atoms with van der Waals surface area (Å²) in [6.07, 6.45) is 0. The first kappa shape index (κ1) is 13.4. The van der Waals surface area contributed by atoms with Gasteiger partial charge >= 0.3 is 11.6 Å². The molecular formula is C12H18N5O2+. The molecule has 0 aliphatic carbocycles. The highest BCUT2D eigenvalue weighted by atomic mass is 16.4. The van der Waals surface area contributed by atoms with E-state index in [1.807, 2.05) is 11.0 Å². The van der Waals surface area contributed by atoms with E-state index in [1.165, 1.54) is 4.90 Å². The van der Waals surface area contributed by atoms with Gasteiger partial charge in [-0.1, -0.05) is 0 Å². The van der Waals surface area contributed by atoms with Gasteiger partial charge in [0.15, 0.2) is 11.4 Å². The van der Waals surface area contributed by atoms with Crippen LogP contribution in [0.4, 0.5) is 11.8 Å². The van der Waals surface area contributed by atoms with Crippen LogP contribution in [-0.2, 0) is 0 Å². The Labute approximate surface area is 111 Å². The lowest BCUT2D eigenvalue weighted by atomic mass is 10.2. The molecule has 1 aromatic rings. The van der Waals surface area contributed by atoms with Crippen molar-refractivity contribution in [3.05, 3.63) is 16.0 Å². The maximum atomic E-state index is 11.8. The first-order valence-electron chi connectivity index (χ1n) is 6.21. The molecule has 0 amide bonds. The van der Waals surface area contributed by atoms with Crippen LogP contribution in [0, 0.1) is 11.3 Å².